The molecule has 2 fully saturated rings. The predicted octanol–water partition coefficient (Wildman–Crippen LogP) is 2.81. The van der Waals surface area contributed by atoms with Crippen LogP contribution < -0.4 is 10.1 Å². The van der Waals surface area contributed by atoms with E-state index in [1.165, 1.54) is 16.7 Å². The van der Waals surface area contributed by atoms with Gasteiger partial charge in [0.05, 0.1) is 12.2 Å². The van der Waals surface area contributed by atoms with Crippen LogP contribution in [0.2, 0.25) is 0 Å². The van der Waals surface area contributed by atoms with Crippen molar-refractivity contribution in [2.24, 2.45) is 0 Å². The highest BCUT2D eigenvalue weighted by molar-refractivity contribution is 8.01. The number of carboxylic acids is 1. The van der Waals surface area contributed by atoms with Crippen LogP contribution in [0.4, 0.5) is 0 Å². The second-order valence-corrected chi connectivity index (χ2v) is 11.2. The van der Waals surface area contributed by atoms with Crippen LogP contribution in [-0.4, -0.2) is 81.6 Å². The highest BCUT2D eigenvalue weighted by Crippen LogP contribution is 2.58. The van der Waals surface area contributed by atoms with Crippen LogP contribution in [0.15, 0.2) is 36.4 Å². The van der Waals surface area contributed by atoms with Gasteiger partial charge in [-0.1, -0.05) is 30.3 Å². The number of nitrogens with zero attached hydrogens (tertiary/aromatic N) is 2. The number of hydrogen-bond donors (Lipinski definition) is 2. The first-order chi connectivity index (χ1) is 16.0. The summed E-state index contributed by atoms with van der Waals surface area (Å²) in [6.45, 7) is 6.50. The van der Waals surface area contributed by atoms with Crippen molar-refractivity contribution >= 4 is 40.3 Å². The molecule has 2 aliphatic heterocycles. The molecule has 2 saturated heterocycles. The molecule has 0 aromatic heterocycles. The monoisotopic (exact) mass is 485 g/mol. The van der Waals surface area contributed by atoms with Crippen molar-refractivity contribution in [2.75, 3.05) is 27.2 Å². The fourth-order valence-corrected chi connectivity index (χ4v) is 6.86. The van der Waals surface area contributed by atoms with Crippen LogP contribution in [0, 0.1) is 0 Å². The van der Waals surface area contributed by atoms with Crippen LogP contribution in [0.3, 0.4) is 0 Å². The molecule has 2 amide bonds. The number of carboxylic acid groups (broad SMARTS) is 1. The van der Waals surface area contributed by atoms with E-state index in [2.05, 4.69) is 5.32 Å². The van der Waals surface area contributed by atoms with E-state index in [1.807, 2.05) is 70.1 Å². The van der Waals surface area contributed by atoms with Crippen molar-refractivity contribution in [3.05, 3.63) is 42.0 Å². The number of carbonyl (C=O) groups excluding carboxylic acids is 2. The summed E-state index contributed by atoms with van der Waals surface area (Å²) in [5.74, 6) is -1.33. The van der Waals surface area contributed by atoms with Gasteiger partial charge in [-0.05, 0) is 58.1 Å². The molecule has 0 aliphatic carbocycles. The molecule has 0 bridgehead atoms. The molecular weight excluding hydrogens is 454 g/mol. The summed E-state index contributed by atoms with van der Waals surface area (Å²) < 4.78 is 4.99. The normalized spacial score (nSPS) is 25.2. The molecule has 182 valence electrons. The van der Waals surface area contributed by atoms with Gasteiger partial charge in [-0.15, -0.1) is 11.8 Å². The average molecular weight is 486 g/mol. The topological polar surface area (TPSA) is 99.2 Å². The summed E-state index contributed by atoms with van der Waals surface area (Å²) in [6.07, 6.45) is 0.302. The Hall–Kier alpha value is -2.78. The first kappa shape index (κ1) is 24.3. The lowest BCUT2D eigenvalue weighted by Gasteiger charge is -2.50. The number of β-lactam (4-membered cyclic amide) rings is 1. The number of hydrogen-bond acceptors (Lipinski definition) is 6. The second-order valence-electron chi connectivity index (χ2n) is 9.49. The van der Waals surface area contributed by atoms with E-state index in [1.54, 1.807) is 6.07 Å². The Balaban J connectivity index is 1.65. The molecule has 2 aromatic rings. The lowest BCUT2D eigenvalue weighted by atomic mass is 9.78. The van der Waals surface area contributed by atoms with Gasteiger partial charge in [0.1, 0.15) is 17.2 Å². The number of ether oxygens (including phenoxy) is 1. The minimum Gasteiger partial charge on any atom is -0.493 e. The zero-order valence-electron chi connectivity index (χ0n) is 20.1. The van der Waals surface area contributed by atoms with Crippen molar-refractivity contribution < 1.29 is 24.2 Å². The molecule has 2 heterocycles. The van der Waals surface area contributed by atoms with Gasteiger partial charge in [0, 0.05) is 11.3 Å². The molecular formula is C25H31N3O5S. The number of benzene rings is 2. The molecule has 2 N–H and O–H groups in total. The average Bonchev–Trinajstić information content (AvgIpc) is 3.00. The van der Waals surface area contributed by atoms with Crippen LogP contribution in [-0.2, 0) is 9.59 Å². The van der Waals surface area contributed by atoms with E-state index < -0.39 is 33.6 Å². The van der Waals surface area contributed by atoms with Gasteiger partial charge in [-0.2, -0.15) is 0 Å². The van der Waals surface area contributed by atoms with Crippen LogP contribution >= 0.6 is 11.8 Å². The van der Waals surface area contributed by atoms with Gasteiger partial charge in [-0.25, -0.2) is 4.79 Å². The number of thioether (sulfide) groups is 1. The van der Waals surface area contributed by atoms with Gasteiger partial charge in [0.25, 0.3) is 5.91 Å². The summed E-state index contributed by atoms with van der Waals surface area (Å²) in [7, 11) is 3.76. The summed E-state index contributed by atoms with van der Waals surface area (Å²) in [4.78, 5) is 42.8. The fourth-order valence-electron chi connectivity index (χ4n) is 5.06. The van der Waals surface area contributed by atoms with Crippen molar-refractivity contribution in [3.8, 4) is 5.75 Å². The third-order valence-corrected chi connectivity index (χ3v) is 8.50. The van der Waals surface area contributed by atoms with Gasteiger partial charge in [0.15, 0.2) is 5.54 Å². The molecule has 2 aromatic carbocycles. The molecule has 0 spiro atoms. The molecule has 0 unspecified atom stereocenters. The van der Waals surface area contributed by atoms with E-state index in [0.29, 0.717) is 30.9 Å². The van der Waals surface area contributed by atoms with E-state index in [4.69, 9.17) is 4.74 Å². The molecule has 34 heavy (non-hydrogen) atoms. The predicted molar refractivity (Wildman–Crippen MR) is 132 cm³/mol. The first-order valence-corrected chi connectivity index (χ1v) is 12.3. The molecule has 2 aliphatic rings. The Morgan fingerprint density at radius 3 is 2.56 bits per heavy atom. The Labute approximate surface area is 203 Å². The number of aliphatic carboxylic acids is 1. The van der Waals surface area contributed by atoms with Crippen LogP contribution in [0.1, 0.15) is 37.6 Å². The third kappa shape index (κ3) is 3.62. The van der Waals surface area contributed by atoms with Crippen molar-refractivity contribution in [1.29, 1.82) is 0 Å². The smallest absolute Gasteiger partial charge is 0.331 e. The number of carbonyl (C=O) groups is 3. The Morgan fingerprint density at radius 1 is 1.21 bits per heavy atom. The zero-order valence-corrected chi connectivity index (χ0v) is 20.9. The van der Waals surface area contributed by atoms with Gasteiger partial charge in [-0.3, -0.25) is 9.59 Å². The van der Waals surface area contributed by atoms with E-state index in [0.717, 1.165) is 10.8 Å². The highest BCUT2D eigenvalue weighted by Gasteiger charge is 2.72. The summed E-state index contributed by atoms with van der Waals surface area (Å²) in [6, 6.07) is 10.4. The van der Waals surface area contributed by atoms with Crippen molar-refractivity contribution in [3.63, 3.8) is 0 Å². The maximum Gasteiger partial charge on any atom is 0.331 e. The van der Waals surface area contributed by atoms with Gasteiger partial charge in [0.2, 0.25) is 5.91 Å². The molecule has 0 radical (unpaired) electrons. The number of nitrogens with one attached hydrogen (secondary N) is 1. The first-order valence-electron chi connectivity index (χ1n) is 11.4. The summed E-state index contributed by atoms with van der Waals surface area (Å²) in [5, 5.41) is 14.4. The number of rotatable bonds is 8. The number of amides is 2. The summed E-state index contributed by atoms with van der Waals surface area (Å²) in [5.41, 5.74) is -0.966. The zero-order chi connectivity index (χ0) is 24.8. The Morgan fingerprint density at radius 2 is 1.91 bits per heavy atom. The van der Waals surface area contributed by atoms with E-state index in [-0.39, 0.29) is 5.91 Å². The molecule has 0 saturated carbocycles. The highest BCUT2D eigenvalue weighted by atomic mass is 32.2. The molecule has 3 atom stereocenters. The maximum absolute atomic E-state index is 13.5. The fraction of sp³-hybridized carbons (Fsp3) is 0.480. The molecule has 4 rings (SSSR count). The van der Waals surface area contributed by atoms with E-state index >= 15 is 0 Å². The van der Waals surface area contributed by atoms with Crippen LogP contribution in [0.25, 0.3) is 10.8 Å². The largest absolute Gasteiger partial charge is 0.493 e. The SMILES string of the molecule is CCOc1ccc2ccccc2c1C(=O)N[C@@H]1C(=O)N2[C@@H]1SC(C)(C)[C@]2(CCN(C)C)C(=O)O. The maximum atomic E-state index is 13.5. The number of fused-ring (bicyclic) bond motifs is 2. The third-order valence-electron chi connectivity index (χ3n) is 6.84. The minimum atomic E-state index is -1.35. The molecule has 8 nitrogen and oxygen atoms in total. The summed E-state index contributed by atoms with van der Waals surface area (Å²) >= 11 is 1.43. The molecule has 9 heteroatoms. The standard InChI is InChI=1S/C25H31N3O5S/c1-6-33-17-12-11-15-9-7-8-10-16(15)18(17)20(29)26-19-21(30)28-22(19)34-24(2,3)25(28,23(31)32)13-14-27(4)5/h7-12,19,22H,6,13-14H2,1-5H3,(H,26,29)(H,31,32)/t19-,22-,25+/m1/s1. The van der Waals surface area contributed by atoms with Gasteiger partial charge < -0.3 is 25.0 Å². The lowest BCUT2D eigenvalue weighted by molar-refractivity contribution is -0.171. The lowest BCUT2D eigenvalue weighted by Crippen LogP contribution is -2.75. The Kier molecular flexibility index (Phi) is 6.29. The second kappa shape index (κ2) is 8.78. The minimum absolute atomic E-state index is 0.302. The van der Waals surface area contributed by atoms with E-state index in [9.17, 15) is 19.5 Å². The van der Waals surface area contributed by atoms with Crippen molar-refractivity contribution in [2.45, 2.75) is 48.9 Å². The quantitative estimate of drug-likeness (QED) is 0.555. The van der Waals surface area contributed by atoms with Crippen LogP contribution in [0.5, 0.6) is 5.75 Å². The Bertz CT molecular complexity index is 1150. The van der Waals surface area contributed by atoms with Gasteiger partial charge >= 0.3 is 5.97 Å². The van der Waals surface area contributed by atoms with Crippen molar-refractivity contribution in [1.82, 2.24) is 15.1 Å².